The second-order valence-electron chi connectivity index (χ2n) is 6.88. The van der Waals surface area contributed by atoms with E-state index in [9.17, 15) is 9.59 Å². The molecule has 0 aliphatic rings. The van der Waals surface area contributed by atoms with Gasteiger partial charge in [-0.1, -0.05) is 6.07 Å². The molecule has 0 aliphatic heterocycles. The highest BCUT2D eigenvalue weighted by Crippen LogP contribution is 2.17. The lowest BCUT2D eigenvalue weighted by atomic mass is 10.2. The molecule has 3 aromatic rings. The average molecular weight is 495 g/mol. The Labute approximate surface area is 207 Å². The summed E-state index contributed by atoms with van der Waals surface area (Å²) in [6, 6.07) is 21.0. The van der Waals surface area contributed by atoms with Crippen molar-refractivity contribution in [1.82, 2.24) is 0 Å². The molecule has 0 unspecified atom stereocenters. The van der Waals surface area contributed by atoms with Gasteiger partial charge in [-0.05, 0) is 91.2 Å². The summed E-state index contributed by atoms with van der Waals surface area (Å²) in [7, 11) is 2.67. The lowest BCUT2D eigenvalue weighted by molar-refractivity contribution is 0.0592. The molecule has 174 valence electrons. The van der Waals surface area contributed by atoms with Crippen LogP contribution < -0.4 is 21.3 Å². The zero-order valence-corrected chi connectivity index (χ0v) is 20.0. The predicted octanol–water partition coefficient (Wildman–Crippen LogP) is 4.88. The van der Waals surface area contributed by atoms with Gasteiger partial charge in [-0.3, -0.25) is 0 Å². The van der Waals surface area contributed by atoms with Gasteiger partial charge in [0.2, 0.25) is 0 Å². The molecule has 0 saturated carbocycles. The maximum Gasteiger partial charge on any atom is 0.337 e. The first-order valence-corrected chi connectivity index (χ1v) is 10.8. The zero-order valence-electron chi connectivity index (χ0n) is 18.4. The minimum Gasteiger partial charge on any atom is -0.465 e. The van der Waals surface area contributed by atoms with Crippen molar-refractivity contribution in [3.63, 3.8) is 0 Å². The molecule has 8 nitrogen and oxygen atoms in total. The first kappa shape index (κ1) is 24.6. The number of esters is 2. The summed E-state index contributed by atoms with van der Waals surface area (Å²) in [5, 5.41) is 13.1. The van der Waals surface area contributed by atoms with Crippen LogP contribution in [-0.4, -0.2) is 36.4 Å². The summed E-state index contributed by atoms with van der Waals surface area (Å²) in [5.41, 5.74) is 3.85. The van der Waals surface area contributed by atoms with E-state index in [1.165, 1.54) is 14.2 Å². The van der Waals surface area contributed by atoms with E-state index in [4.69, 9.17) is 33.9 Å². The minimum absolute atomic E-state index is 0.384. The summed E-state index contributed by atoms with van der Waals surface area (Å²) >= 11 is 10.8. The standard InChI is InChI=1S/C24H22N4O4S2/c1-31-21(29)15-6-10-17(11-7-15)25-23(33)27-19-4-3-5-20(14-19)28-24(34)26-18-12-8-16(9-13-18)22(30)32-2/h3-14H,1-2H3,(H2,25,27,33)(H2,26,28,34). The summed E-state index contributed by atoms with van der Waals surface area (Å²) in [4.78, 5) is 23.1. The quantitative estimate of drug-likeness (QED) is 0.280. The van der Waals surface area contributed by atoms with Crippen LogP contribution in [0.1, 0.15) is 20.7 Å². The highest BCUT2D eigenvalue weighted by atomic mass is 32.1. The van der Waals surface area contributed by atoms with Crippen molar-refractivity contribution < 1.29 is 19.1 Å². The topological polar surface area (TPSA) is 101 Å². The highest BCUT2D eigenvalue weighted by Gasteiger charge is 2.07. The summed E-state index contributed by atoms with van der Waals surface area (Å²) in [6.07, 6.45) is 0. The molecule has 0 aromatic heterocycles. The summed E-state index contributed by atoms with van der Waals surface area (Å²) < 4.78 is 9.38. The molecular weight excluding hydrogens is 472 g/mol. The molecule has 3 aromatic carbocycles. The number of hydrogen-bond donors (Lipinski definition) is 4. The van der Waals surface area contributed by atoms with Crippen molar-refractivity contribution >= 4 is 69.3 Å². The van der Waals surface area contributed by atoms with Gasteiger partial charge < -0.3 is 30.7 Å². The van der Waals surface area contributed by atoms with Crippen molar-refractivity contribution in [2.75, 3.05) is 35.5 Å². The molecule has 0 fully saturated rings. The number of methoxy groups -OCH3 is 2. The lowest BCUT2D eigenvalue weighted by Gasteiger charge is -2.14. The van der Waals surface area contributed by atoms with Crippen LogP contribution >= 0.6 is 24.4 Å². The third-order valence-electron chi connectivity index (χ3n) is 4.51. The van der Waals surface area contributed by atoms with Gasteiger partial charge in [0.25, 0.3) is 0 Å². The minimum atomic E-state index is -0.401. The van der Waals surface area contributed by atoms with Crippen LogP contribution in [0.3, 0.4) is 0 Å². The van der Waals surface area contributed by atoms with Gasteiger partial charge in [0.15, 0.2) is 10.2 Å². The largest absolute Gasteiger partial charge is 0.465 e. The van der Waals surface area contributed by atoms with Gasteiger partial charge >= 0.3 is 11.9 Å². The Bertz CT molecular complexity index is 1110. The van der Waals surface area contributed by atoms with Crippen molar-refractivity contribution in [2.45, 2.75) is 0 Å². The Morgan fingerprint density at radius 1 is 0.588 bits per heavy atom. The van der Waals surface area contributed by atoms with Crippen LogP contribution in [0.15, 0.2) is 72.8 Å². The van der Waals surface area contributed by atoms with Crippen molar-refractivity contribution in [3.8, 4) is 0 Å². The normalized spacial score (nSPS) is 9.94. The van der Waals surface area contributed by atoms with Gasteiger partial charge in [0, 0.05) is 22.7 Å². The zero-order chi connectivity index (χ0) is 24.5. The number of nitrogens with one attached hydrogen (secondary N) is 4. The summed E-state index contributed by atoms with van der Waals surface area (Å²) in [5.74, 6) is -0.802. The molecular formula is C24H22N4O4S2. The fraction of sp³-hybridized carbons (Fsp3) is 0.0833. The number of thiocarbonyl (C=S) groups is 2. The highest BCUT2D eigenvalue weighted by molar-refractivity contribution is 7.81. The third-order valence-corrected chi connectivity index (χ3v) is 4.91. The van der Waals surface area contributed by atoms with E-state index in [-0.39, 0.29) is 0 Å². The fourth-order valence-corrected chi connectivity index (χ4v) is 3.35. The van der Waals surface area contributed by atoms with E-state index >= 15 is 0 Å². The van der Waals surface area contributed by atoms with E-state index in [0.29, 0.717) is 21.4 Å². The van der Waals surface area contributed by atoms with Crippen molar-refractivity contribution in [1.29, 1.82) is 0 Å². The van der Waals surface area contributed by atoms with Crippen LogP contribution in [-0.2, 0) is 9.47 Å². The Kier molecular flexibility index (Phi) is 8.49. The number of anilines is 4. The van der Waals surface area contributed by atoms with E-state index in [1.54, 1.807) is 48.5 Å². The molecule has 0 bridgehead atoms. The number of ether oxygens (including phenoxy) is 2. The van der Waals surface area contributed by atoms with Crippen LogP contribution in [0.25, 0.3) is 0 Å². The van der Waals surface area contributed by atoms with Crippen molar-refractivity contribution in [2.24, 2.45) is 0 Å². The van der Waals surface area contributed by atoms with Crippen LogP contribution in [0.2, 0.25) is 0 Å². The molecule has 0 atom stereocenters. The molecule has 0 saturated heterocycles. The SMILES string of the molecule is COC(=O)c1ccc(NC(=S)Nc2cccc(NC(=S)Nc3ccc(C(=O)OC)cc3)c2)cc1. The summed E-state index contributed by atoms with van der Waals surface area (Å²) in [6.45, 7) is 0. The Morgan fingerprint density at radius 2 is 0.941 bits per heavy atom. The fourth-order valence-electron chi connectivity index (χ4n) is 2.88. The molecule has 0 spiro atoms. The van der Waals surface area contributed by atoms with E-state index < -0.39 is 11.9 Å². The molecule has 0 heterocycles. The number of hydrogen-bond acceptors (Lipinski definition) is 6. The molecule has 0 aliphatic carbocycles. The van der Waals surface area contributed by atoms with Crippen molar-refractivity contribution in [3.05, 3.63) is 83.9 Å². The van der Waals surface area contributed by atoms with E-state index in [1.807, 2.05) is 24.3 Å². The second kappa shape index (κ2) is 11.7. The number of carbonyl (C=O) groups excluding carboxylic acids is 2. The first-order valence-electron chi connectivity index (χ1n) is 10.0. The monoisotopic (exact) mass is 494 g/mol. The molecule has 0 radical (unpaired) electrons. The molecule has 34 heavy (non-hydrogen) atoms. The molecule has 4 N–H and O–H groups in total. The Morgan fingerprint density at radius 3 is 1.29 bits per heavy atom. The maximum atomic E-state index is 11.5. The Hall–Kier alpha value is -4.02. The number of carbonyl (C=O) groups is 2. The Balaban J connectivity index is 1.54. The smallest absolute Gasteiger partial charge is 0.337 e. The third kappa shape index (κ3) is 6.99. The van der Waals surface area contributed by atoms with E-state index in [0.717, 1.165) is 22.7 Å². The van der Waals surface area contributed by atoms with Gasteiger partial charge in [-0.25, -0.2) is 9.59 Å². The average Bonchev–Trinajstić information content (AvgIpc) is 2.84. The predicted molar refractivity (Wildman–Crippen MR) is 142 cm³/mol. The number of benzene rings is 3. The van der Waals surface area contributed by atoms with Gasteiger partial charge in [-0.2, -0.15) is 0 Å². The first-order chi connectivity index (χ1) is 16.4. The van der Waals surface area contributed by atoms with Crippen LogP contribution in [0.5, 0.6) is 0 Å². The molecule has 3 rings (SSSR count). The van der Waals surface area contributed by atoms with Gasteiger partial charge in [0.1, 0.15) is 0 Å². The van der Waals surface area contributed by atoms with Crippen LogP contribution in [0, 0.1) is 0 Å². The van der Waals surface area contributed by atoms with Crippen LogP contribution in [0.4, 0.5) is 22.7 Å². The van der Waals surface area contributed by atoms with E-state index in [2.05, 4.69) is 21.3 Å². The van der Waals surface area contributed by atoms with Gasteiger partial charge in [0.05, 0.1) is 25.3 Å². The molecule has 0 amide bonds. The molecule has 10 heteroatoms. The van der Waals surface area contributed by atoms with Gasteiger partial charge in [-0.15, -0.1) is 0 Å². The number of rotatable bonds is 6. The lowest BCUT2D eigenvalue weighted by Crippen LogP contribution is -2.20. The second-order valence-corrected chi connectivity index (χ2v) is 7.69. The maximum absolute atomic E-state index is 11.5.